The summed E-state index contributed by atoms with van der Waals surface area (Å²) in [6.45, 7) is -0.335. The minimum absolute atomic E-state index is 0.143. The van der Waals surface area contributed by atoms with Crippen molar-refractivity contribution in [2.45, 2.75) is 43.0 Å². The van der Waals surface area contributed by atoms with Gasteiger partial charge in [-0.2, -0.15) is 4.31 Å². The van der Waals surface area contributed by atoms with Crippen LogP contribution in [0.15, 0.2) is 57.9 Å². The molecule has 1 saturated carbocycles. The van der Waals surface area contributed by atoms with E-state index < -0.39 is 21.9 Å². The molecule has 0 spiro atoms. The van der Waals surface area contributed by atoms with Gasteiger partial charge in [0, 0.05) is 10.5 Å². The number of carbonyl (C=O) groups is 2. The fourth-order valence-electron chi connectivity index (χ4n) is 3.73. The molecule has 0 aliphatic heterocycles. The Morgan fingerprint density at radius 3 is 2.35 bits per heavy atom. The lowest BCUT2D eigenvalue weighted by molar-refractivity contribution is -0.116. The highest BCUT2D eigenvalue weighted by Crippen LogP contribution is 2.28. The Bertz CT molecular complexity index is 1030. The van der Waals surface area contributed by atoms with Crippen LogP contribution < -0.4 is 5.32 Å². The van der Waals surface area contributed by atoms with Gasteiger partial charge < -0.3 is 10.1 Å². The minimum atomic E-state index is -3.88. The quantitative estimate of drug-likeness (QED) is 0.565. The van der Waals surface area contributed by atoms with E-state index in [9.17, 15) is 18.0 Å². The molecule has 31 heavy (non-hydrogen) atoms. The Morgan fingerprint density at radius 2 is 1.71 bits per heavy atom. The van der Waals surface area contributed by atoms with E-state index in [2.05, 4.69) is 21.2 Å². The lowest BCUT2D eigenvalue weighted by Gasteiger charge is -2.33. The first-order valence-corrected chi connectivity index (χ1v) is 12.3. The molecule has 0 atom stereocenters. The molecular formula is C22H25BrN2O5S. The molecule has 2 aromatic carbocycles. The normalized spacial score (nSPS) is 14.9. The SMILES string of the molecule is COC(=O)c1ccccc1NC(=O)CN(C1CCCCC1)S(=O)(=O)c1ccc(Br)cc1. The molecule has 9 heteroatoms. The predicted molar refractivity (Wildman–Crippen MR) is 121 cm³/mol. The number of carbonyl (C=O) groups excluding carboxylic acids is 2. The number of rotatable bonds is 7. The van der Waals surface area contributed by atoms with Crippen LogP contribution in [0.25, 0.3) is 0 Å². The third kappa shape index (κ3) is 5.72. The van der Waals surface area contributed by atoms with Gasteiger partial charge in [0.05, 0.1) is 29.8 Å². The number of ether oxygens (including phenoxy) is 1. The average molecular weight is 509 g/mol. The van der Waals surface area contributed by atoms with Crippen LogP contribution in [-0.2, 0) is 19.6 Å². The van der Waals surface area contributed by atoms with Crippen LogP contribution in [0.5, 0.6) is 0 Å². The van der Waals surface area contributed by atoms with Crippen LogP contribution in [-0.4, -0.2) is 44.3 Å². The van der Waals surface area contributed by atoms with Crippen LogP contribution >= 0.6 is 15.9 Å². The summed E-state index contributed by atoms with van der Waals surface area (Å²) in [4.78, 5) is 25.0. The number of benzene rings is 2. The third-order valence-corrected chi connectivity index (χ3v) is 7.75. The number of esters is 1. The third-order valence-electron chi connectivity index (χ3n) is 5.31. The molecule has 0 heterocycles. The van der Waals surface area contributed by atoms with E-state index >= 15 is 0 Å². The lowest BCUT2D eigenvalue weighted by Crippen LogP contribution is -2.45. The van der Waals surface area contributed by atoms with Crippen LogP contribution in [0.3, 0.4) is 0 Å². The van der Waals surface area contributed by atoms with E-state index in [1.54, 1.807) is 36.4 Å². The van der Waals surface area contributed by atoms with Crippen LogP contribution in [0, 0.1) is 0 Å². The van der Waals surface area contributed by atoms with Gasteiger partial charge >= 0.3 is 5.97 Å². The monoisotopic (exact) mass is 508 g/mol. The molecule has 0 radical (unpaired) electrons. The molecule has 1 N–H and O–H groups in total. The van der Waals surface area contributed by atoms with Gasteiger partial charge in [-0.3, -0.25) is 4.79 Å². The van der Waals surface area contributed by atoms with Gasteiger partial charge in [-0.15, -0.1) is 0 Å². The maximum atomic E-state index is 13.4. The van der Waals surface area contributed by atoms with Crippen molar-refractivity contribution in [2.24, 2.45) is 0 Å². The summed E-state index contributed by atoms with van der Waals surface area (Å²) in [6.07, 6.45) is 4.32. The number of nitrogens with zero attached hydrogens (tertiary/aromatic N) is 1. The molecule has 1 amide bonds. The summed E-state index contributed by atoms with van der Waals surface area (Å²) in [5.41, 5.74) is 0.488. The molecule has 2 aromatic rings. The number of amides is 1. The first-order chi connectivity index (χ1) is 14.8. The second-order valence-corrected chi connectivity index (χ2v) is 10.2. The van der Waals surface area contributed by atoms with Gasteiger partial charge in [-0.1, -0.05) is 47.3 Å². The Labute approximate surface area is 191 Å². The van der Waals surface area contributed by atoms with Crippen molar-refractivity contribution >= 4 is 43.5 Å². The van der Waals surface area contributed by atoms with E-state index in [-0.39, 0.29) is 28.7 Å². The number of halogens is 1. The Hall–Kier alpha value is -2.23. The average Bonchev–Trinajstić information content (AvgIpc) is 2.78. The first-order valence-electron chi connectivity index (χ1n) is 10.1. The standard InChI is InChI=1S/C22H25BrN2O5S/c1-30-22(27)19-9-5-6-10-20(19)24-21(26)15-25(17-7-3-2-4-8-17)31(28,29)18-13-11-16(23)12-14-18/h5-6,9-14,17H,2-4,7-8,15H2,1H3,(H,24,26). The lowest BCUT2D eigenvalue weighted by atomic mass is 9.95. The van der Waals surface area contributed by atoms with Gasteiger partial charge in [-0.05, 0) is 49.2 Å². The molecule has 7 nitrogen and oxygen atoms in total. The molecule has 0 saturated heterocycles. The highest BCUT2D eigenvalue weighted by atomic mass is 79.9. The largest absolute Gasteiger partial charge is 0.465 e. The van der Waals surface area contributed by atoms with Crippen molar-refractivity contribution in [1.82, 2.24) is 4.31 Å². The molecule has 1 aliphatic rings. The number of anilines is 1. The number of nitrogens with one attached hydrogen (secondary N) is 1. The van der Waals surface area contributed by atoms with Gasteiger partial charge in [0.25, 0.3) is 0 Å². The zero-order valence-electron chi connectivity index (χ0n) is 17.2. The zero-order chi connectivity index (χ0) is 22.4. The summed E-state index contributed by atoms with van der Waals surface area (Å²) in [5, 5.41) is 2.67. The molecular weight excluding hydrogens is 484 g/mol. The Kier molecular flexibility index (Phi) is 7.85. The van der Waals surface area contributed by atoms with E-state index in [4.69, 9.17) is 4.74 Å². The molecule has 3 rings (SSSR count). The zero-order valence-corrected chi connectivity index (χ0v) is 19.6. The first kappa shape index (κ1) is 23.4. The summed E-state index contributed by atoms with van der Waals surface area (Å²) >= 11 is 3.32. The van der Waals surface area contributed by atoms with Crippen LogP contribution in [0.1, 0.15) is 42.5 Å². The molecule has 0 bridgehead atoms. The molecule has 166 valence electrons. The van der Waals surface area contributed by atoms with Crippen molar-refractivity contribution in [3.8, 4) is 0 Å². The molecule has 0 aromatic heterocycles. The van der Waals surface area contributed by atoms with Gasteiger partial charge in [0.1, 0.15) is 0 Å². The summed E-state index contributed by atoms with van der Waals surface area (Å²) in [5.74, 6) is -1.09. The topological polar surface area (TPSA) is 92.8 Å². The second-order valence-electron chi connectivity index (χ2n) is 7.38. The molecule has 1 fully saturated rings. The number of sulfonamides is 1. The highest BCUT2D eigenvalue weighted by Gasteiger charge is 2.34. The van der Waals surface area contributed by atoms with Gasteiger partial charge in [-0.25, -0.2) is 13.2 Å². The van der Waals surface area contributed by atoms with Crippen LogP contribution in [0.2, 0.25) is 0 Å². The van der Waals surface area contributed by atoms with E-state index in [0.29, 0.717) is 12.8 Å². The van der Waals surface area contributed by atoms with Crippen LogP contribution in [0.4, 0.5) is 5.69 Å². The fraction of sp³-hybridized carbons (Fsp3) is 0.364. The van der Waals surface area contributed by atoms with Crippen molar-refractivity contribution in [3.63, 3.8) is 0 Å². The van der Waals surface area contributed by atoms with E-state index in [0.717, 1.165) is 23.7 Å². The smallest absolute Gasteiger partial charge is 0.339 e. The maximum Gasteiger partial charge on any atom is 0.339 e. The Morgan fingerprint density at radius 1 is 1.06 bits per heavy atom. The number of hydrogen-bond donors (Lipinski definition) is 1. The van der Waals surface area contributed by atoms with E-state index in [1.165, 1.54) is 23.5 Å². The number of para-hydroxylation sites is 1. The molecule has 0 unspecified atom stereocenters. The van der Waals surface area contributed by atoms with Crippen molar-refractivity contribution in [1.29, 1.82) is 0 Å². The Balaban J connectivity index is 1.86. The predicted octanol–water partition coefficient (Wildman–Crippen LogP) is 4.20. The van der Waals surface area contributed by atoms with Gasteiger partial charge in [0.15, 0.2) is 0 Å². The fourth-order valence-corrected chi connectivity index (χ4v) is 5.64. The summed E-state index contributed by atoms with van der Waals surface area (Å²) in [7, 11) is -2.62. The summed E-state index contributed by atoms with van der Waals surface area (Å²) in [6, 6.07) is 12.6. The minimum Gasteiger partial charge on any atom is -0.465 e. The number of methoxy groups -OCH3 is 1. The summed E-state index contributed by atoms with van der Waals surface area (Å²) < 4.78 is 33.6. The van der Waals surface area contributed by atoms with Crippen molar-refractivity contribution in [3.05, 3.63) is 58.6 Å². The number of hydrogen-bond acceptors (Lipinski definition) is 5. The second kappa shape index (κ2) is 10.4. The van der Waals surface area contributed by atoms with Crippen molar-refractivity contribution in [2.75, 3.05) is 19.0 Å². The maximum absolute atomic E-state index is 13.4. The highest BCUT2D eigenvalue weighted by molar-refractivity contribution is 9.10. The molecule has 1 aliphatic carbocycles. The van der Waals surface area contributed by atoms with Crippen molar-refractivity contribution < 1.29 is 22.7 Å². The van der Waals surface area contributed by atoms with Gasteiger partial charge in [0.2, 0.25) is 15.9 Å². The van der Waals surface area contributed by atoms with E-state index in [1.807, 2.05) is 0 Å².